The molecule has 2 aliphatic rings. The highest BCUT2D eigenvalue weighted by Crippen LogP contribution is 2.40. The number of aromatic nitrogens is 2. The van der Waals surface area contributed by atoms with Crippen molar-refractivity contribution in [2.24, 2.45) is 12.5 Å². The SMILES string of the molecule is CNC(=O)C1CCC2(CCN(Cc3cnn(C)c3)CC2)CO1. The molecule has 1 N–H and O–H groups in total. The molecule has 2 saturated heterocycles. The number of rotatable bonds is 3. The highest BCUT2D eigenvalue weighted by molar-refractivity contribution is 5.80. The Morgan fingerprint density at radius 2 is 2.23 bits per heavy atom. The first-order valence-electron chi connectivity index (χ1n) is 8.13. The van der Waals surface area contributed by atoms with Crippen LogP contribution in [0.25, 0.3) is 0 Å². The minimum Gasteiger partial charge on any atom is -0.368 e. The first-order valence-corrected chi connectivity index (χ1v) is 8.13. The molecule has 0 aromatic carbocycles. The Morgan fingerprint density at radius 1 is 1.45 bits per heavy atom. The second-order valence-electron chi connectivity index (χ2n) is 6.75. The number of likely N-dealkylation sites (N-methyl/N-ethyl adjacent to an activating group) is 1. The summed E-state index contributed by atoms with van der Waals surface area (Å²) in [6, 6.07) is 0. The van der Waals surface area contributed by atoms with E-state index >= 15 is 0 Å². The van der Waals surface area contributed by atoms with E-state index in [2.05, 4.69) is 21.5 Å². The van der Waals surface area contributed by atoms with Crippen LogP contribution in [-0.4, -0.2) is 53.4 Å². The van der Waals surface area contributed by atoms with Crippen molar-refractivity contribution in [1.29, 1.82) is 0 Å². The van der Waals surface area contributed by atoms with Crippen molar-refractivity contribution in [3.63, 3.8) is 0 Å². The predicted octanol–water partition coefficient (Wildman–Crippen LogP) is 0.927. The van der Waals surface area contributed by atoms with Crippen molar-refractivity contribution in [1.82, 2.24) is 20.0 Å². The maximum Gasteiger partial charge on any atom is 0.248 e. The summed E-state index contributed by atoms with van der Waals surface area (Å²) in [4.78, 5) is 14.1. The smallest absolute Gasteiger partial charge is 0.248 e. The highest BCUT2D eigenvalue weighted by atomic mass is 16.5. The Hall–Kier alpha value is -1.40. The Kier molecular flexibility index (Phi) is 4.49. The number of likely N-dealkylation sites (tertiary alicyclic amines) is 1. The predicted molar refractivity (Wildman–Crippen MR) is 83.2 cm³/mol. The van der Waals surface area contributed by atoms with Crippen molar-refractivity contribution < 1.29 is 9.53 Å². The van der Waals surface area contributed by atoms with Gasteiger partial charge in [0.1, 0.15) is 6.10 Å². The first-order chi connectivity index (χ1) is 10.6. The van der Waals surface area contributed by atoms with Gasteiger partial charge >= 0.3 is 0 Å². The van der Waals surface area contributed by atoms with Crippen LogP contribution in [0.5, 0.6) is 0 Å². The zero-order valence-corrected chi connectivity index (χ0v) is 13.5. The van der Waals surface area contributed by atoms with Gasteiger partial charge in [-0.05, 0) is 44.2 Å². The summed E-state index contributed by atoms with van der Waals surface area (Å²) in [5.41, 5.74) is 1.56. The summed E-state index contributed by atoms with van der Waals surface area (Å²) in [6.07, 6.45) is 8.06. The van der Waals surface area contributed by atoms with E-state index in [4.69, 9.17) is 4.74 Å². The van der Waals surface area contributed by atoms with Crippen LogP contribution in [0, 0.1) is 5.41 Å². The molecule has 0 bridgehead atoms. The fraction of sp³-hybridized carbons (Fsp3) is 0.750. The third-order valence-electron chi connectivity index (χ3n) is 5.15. The molecular formula is C16H26N4O2. The number of hydrogen-bond donors (Lipinski definition) is 1. The number of nitrogens with zero attached hydrogens (tertiary/aromatic N) is 3. The molecule has 6 heteroatoms. The molecule has 1 amide bonds. The van der Waals surface area contributed by atoms with Crippen LogP contribution in [0.1, 0.15) is 31.2 Å². The van der Waals surface area contributed by atoms with E-state index in [1.807, 2.05) is 17.9 Å². The number of amides is 1. The van der Waals surface area contributed by atoms with Gasteiger partial charge in [0, 0.05) is 32.4 Å². The Bertz CT molecular complexity index is 510. The number of ether oxygens (including phenoxy) is 1. The van der Waals surface area contributed by atoms with E-state index in [0.717, 1.165) is 51.9 Å². The van der Waals surface area contributed by atoms with Gasteiger partial charge in [0.2, 0.25) is 5.91 Å². The Morgan fingerprint density at radius 3 is 2.77 bits per heavy atom. The van der Waals surface area contributed by atoms with Gasteiger partial charge in [-0.15, -0.1) is 0 Å². The van der Waals surface area contributed by atoms with Gasteiger partial charge in [0.15, 0.2) is 0 Å². The molecule has 3 heterocycles. The molecule has 0 aliphatic carbocycles. The largest absolute Gasteiger partial charge is 0.368 e. The van der Waals surface area contributed by atoms with Gasteiger partial charge in [-0.2, -0.15) is 5.10 Å². The standard InChI is InChI=1S/C16H26N4O2/c1-17-15(21)14-3-4-16(12-22-14)5-7-20(8-6-16)11-13-9-18-19(2)10-13/h9-10,14H,3-8,11-12H2,1-2H3,(H,17,21). The zero-order chi connectivity index (χ0) is 15.6. The van der Waals surface area contributed by atoms with E-state index in [9.17, 15) is 4.79 Å². The maximum atomic E-state index is 11.6. The van der Waals surface area contributed by atoms with Gasteiger partial charge in [-0.3, -0.25) is 14.4 Å². The lowest BCUT2D eigenvalue weighted by Gasteiger charge is -2.45. The van der Waals surface area contributed by atoms with Gasteiger partial charge in [-0.25, -0.2) is 0 Å². The Balaban J connectivity index is 1.48. The zero-order valence-electron chi connectivity index (χ0n) is 13.5. The molecule has 2 fully saturated rings. The molecule has 1 aromatic heterocycles. The molecule has 122 valence electrons. The van der Waals surface area contributed by atoms with E-state index in [0.29, 0.717) is 0 Å². The molecule has 1 atom stereocenters. The molecule has 3 rings (SSSR count). The Labute approximate surface area is 131 Å². The molecule has 22 heavy (non-hydrogen) atoms. The number of nitrogens with one attached hydrogen (secondary N) is 1. The van der Waals surface area contributed by atoms with E-state index in [-0.39, 0.29) is 17.4 Å². The second-order valence-corrected chi connectivity index (χ2v) is 6.75. The molecule has 1 unspecified atom stereocenters. The van der Waals surface area contributed by atoms with Crippen LogP contribution >= 0.6 is 0 Å². The number of carbonyl (C=O) groups excluding carboxylic acids is 1. The summed E-state index contributed by atoms with van der Waals surface area (Å²) in [7, 11) is 3.63. The lowest BCUT2D eigenvalue weighted by molar-refractivity contribution is -0.144. The summed E-state index contributed by atoms with van der Waals surface area (Å²) in [6.45, 7) is 3.91. The molecule has 6 nitrogen and oxygen atoms in total. The van der Waals surface area contributed by atoms with Crippen LogP contribution in [-0.2, 0) is 23.1 Å². The topological polar surface area (TPSA) is 59.4 Å². The molecule has 0 radical (unpaired) electrons. The summed E-state index contributed by atoms with van der Waals surface area (Å²) < 4.78 is 7.69. The molecule has 1 aromatic rings. The molecule has 0 saturated carbocycles. The van der Waals surface area contributed by atoms with Gasteiger partial charge in [0.05, 0.1) is 12.8 Å². The molecule has 1 spiro atoms. The van der Waals surface area contributed by atoms with Gasteiger partial charge in [-0.1, -0.05) is 0 Å². The lowest BCUT2D eigenvalue weighted by atomic mass is 9.73. The van der Waals surface area contributed by atoms with Gasteiger partial charge in [0.25, 0.3) is 0 Å². The number of hydrogen-bond acceptors (Lipinski definition) is 4. The van der Waals surface area contributed by atoms with Crippen molar-refractivity contribution in [3.8, 4) is 0 Å². The van der Waals surface area contributed by atoms with Crippen LogP contribution < -0.4 is 5.32 Å². The lowest BCUT2D eigenvalue weighted by Crippen LogP contribution is -2.48. The first kappa shape index (κ1) is 15.5. The maximum absolute atomic E-state index is 11.6. The normalized spacial score (nSPS) is 25.3. The van der Waals surface area contributed by atoms with Crippen molar-refractivity contribution in [2.75, 3.05) is 26.7 Å². The van der Waals surface area contributed by atoms with Crippen molar-refractivity contribution in [3.05, 3.63) is 18.0 Å². The van der Waals surface area contributed by atoms with E-state index < -0.39 is 0 Å². The summed E-state index contributed by atoms with van der Waals surface area (Å²) in [5, 5.41) is 6.91. The fourth-order valence-corrected chi connectivity index (χ4v) is 3.63. The second kappa shape index (κ2) is 6.38. The van der Waals surface area contributed by atoms with Crippen LogP contribution in [0.2, 0.25) is 0 Å². The third kappa shape index (κ3) is 3.33. The van der Waals surface area contributed by atoms with Gasteiger partial charge < -0.3 is 10.1 Å². The highest BCUT2D eigenvalue weighted by Gasteiger charge is 2.40. The minimum atomic E-state index is -0.246. The molecular weight excluding hydrogens is 280 g/mol. The minimum absolute atomic E-state index is 0.0175. The fourth-order valence-electron chi connectivity index (χ4n) is 3.63. The summed E-state index contributed by atoms with van der Waals surface area (Å²) >= 11 is 0. The van der Waals surface area contributed by atoms with Crippen molar-refractivity contribution in [2.45, 2.75) is 38.3 Å². The average molecular weight is 306 g/mol. The number of aryl methyl sites for hydroxylation is 1. The van der Waals surface area contributed by atoms with E-state index in [1.165, 1.54) is 5.56 Å². The number of carbonyl (C=O) groups is 1. The van der Waals surface area contributed by atoms with Crippen molar-refractivity contribution >= 4 is 5.91 Å². The average Bonchev–Trinajstić information content (AvgIpc) is 2.95. The number of piperidine rings is 1. The quantitative estimate of drug-likeness (QED) is 0.902. The van der Waals surface area contributed by atoms with Crippen LogP contribution in [0.4, 0.5) is 0 Å². The van der Waals surface area contributed by atoms with E-state index in [1.54, 1.807) is 7.05 Å². The molecule has 2 aliphatic heterocycles. The monoisotopic (exact) mass is 306 g/mol. The summed E-state index contributed by atoms with van der Waals surface area (Å²) in [5.74, 6) is 0.0175. The van der Waals surface area contributed by atoms with Crippen LogP contribution in [0.3, 0.4) is 0 Å². The third-order valence-corrected chi connectivity index (χ3v) is 5.15. The van der Waals surface area contributed by atoms with Crippen LogP contribution in [0.15, 0.2) is 12.4 Å².